The molecule has 1 aliphatic carbocycles. The molecule has 1 aliphatic heterocycles. The maximum Gasteiger partial charge on any atom is 0.254 e. The first-order valence-electron chi connectivity index (χ1n) is 8.49. The molecule has 126 valence electrons. The van der Waals surface area contributed by atoms with Gasteiger partial charge in [0, 0.05) is 49.6 Å². The second kappa shape index (κ2) is 6.36. The average Bonchev–Trinajstić information content (AvgIpc) is 3.34. The minimum atomic E-state index is 0.0447. The van der Waals surface area contributed by atoms with Gasteiger partial charge in [-0.2, -0.15) is 5.10 Å². The molecule has 0 N–H and O–H groups in total. The Morgan fingerprint density at radius 2 is 2.12 bits per heavy atom. The van der Waals surface area contributed by atoms with Crippen molar-refractivity contribution in [2.45, 2.75) is 31.8 Å². The van der Waals surface area contributed by atoms with E-state index in [1.165, 1.54) is 18.4 Å². The van der Waals surface area contributed by atoms with Gasteiger partial charge in [-0.05, 0) is 30.9 Å². The molecular formula is C18H22N4O2. The van der Waals surface area contributed by atoms with E-state index in [0.717, 1.165) is 18.2 Å². The molecule has 6 nitrogen and oxygen atoms in total. The van der Waals surface area contributed by atoms with Crippen LogP contribution in [0.3, 0.4) is 0 Å². The van der Waals surface area contributed by atoms with Gasteiger partial charge >= 0.3 is 0 Å². The number of aromatic nitrogens is 3. The standard InChI is InChI=1S/C18H22N4O2/c1-24-12-15-10-21(18(23)14-4-6-19-7-5-14)11-17-16(15)8-20-22(17)9-13-2-3-13/h4-8,13,15H,2-3,9-12H2,1H3. The van der Waals surface area contributed by atoms with E-state index in [-0.39, 0.29) is 11.8 Å². The lowest BCUT2D eigenvalue weighted by Crippen LogP contribution is -2.40. The summed E-state index contributed by atoms with van der Waals surface area (Å²) in [5, 5.41) is 4.59. The largest absolute Gasteiger partial charge is 0.384 e. The highest BCUT2D eigenvalue weighted by Gasteiger charge is 2.33. The van der Waals surface area contributed by atoms with Gasteiger partial charge in [-0.3, -0.25) is 14.5 Å². The fraction of sp³-hybridized carbons (Fsp3) is 0.500. The van der Waals surface area contributed by atoms with E-state index >= 15 is 0 Å². The van der Waals surface area contributed by atoms with Crippen molar-refractivity contribution < 1.29 is 9.53 Å². The van der Waals surface area contributed by atoms with Crippen molar-refractivity contribution in [2.24, 2.45) is 5.92 Å². The number of carbonyl (C=O) groups is 1. The highest BCUT2D eigenvalue weighted by Crippen LogP contribution is 2.34. The molecule has 3 heterocycles. The van der Waals surface area contributed by atoms with E-state index in [9.17, 15) is 4.79 Å². The molecule has 0 spiro atoms. The predicted octanol–water partition coefficient (Wildman–Crippen LogP) is 2.07. The number of carbonyl (C=O) groups excluding carboxylic acids is 1. The number of rotatable bonds is 5. The van der Waals surface area contributed by atoms with Gasteiger partial charge in [0.15, 0.2) is 0 Å². The Balaban J connectivity index is 1.62. The van der Waals surface area contributed by atoms with Crippen molar-refractivity contribution in [3.63, 3.8) is 0 Å². The summed E-state index contributed by atoms with van der Waals surface area (Å²) in [4.78, 5) is 18.8. The molecular weight excluding hydrogens is 304 g/mol. The number of amides is 1. The summed E-state index contributed by atoms with van der Waals surface area (Å²) in [6.45, 7) is 2.84. The molecule has 0 radical (unpaired) electrons. The maximum atomic E-state index is 12.9. The van der Waals surface area contributed by atoms with Crippen LogP contribution in [0.4, 0.5) is 0 Å². The number of fused-ring (bicyclic) bond motifs is 1. The summed E-state index contributed by atoms with van der Waals surface area (Å²) in [5.41, 5.74) is 3.08. The molecule has 0 bridgehead atoms. The molecule has 1 saturated carbocycles. The first-order chi connectivity index (χ1) is 11.8. The molecule has 1 atom stereocenters. The van der Waals surface area contributed by atoms with Crippen LogP contribution in [0.5, 0.6) is 0 Å². The Labute approximate surface area is 141 Å². The minimum Gasteiger partial charge on any atom is -0.384 e. The van der Waals surface area contributed by atoms with Gasteiger partial charge in [0.25, 0.3) is 5.91 Å². The van der Waals surface area contributed by atoms with Crippen LogP contribution in [0, 0.1) is 5.92 Å². The van der Waals surface area contributed by atoms with Crippen molar-refractivity contribution in [3.8, 4) is 0 Å². The Morgan fingerprint density at radius 1 is 1.33 bits per heavy atom. The second-order valence-electron chi connectivity index (χ2n) is 6.75. The highest BCUT2D eigenvalue weighted by atomic mass is 16.5. The zero-order valence-electron chi connectivity index (χ0n) is 13.9. The fourth-order valence-corrected chi connectivity index (χ4v) is 3.43. The first kappa shape index (κ1) is 15.3. The Hall–Kier alpha value is -2.21. The van der Waals surface area contributed by atoms with E-state index in [0.29, 0.717) is 25.3 Å². The third kappa shape index (κ3) is 2.94. The average molecular weight is 326 g/mol. The lowest BCUT2D eigenvalue weighted by Gasteiger charge is -2.33. The van der Waals surface area contributed by atoms with Gasteiger partial charge in [0.2, 0.25) is 0 Å². The van der Waals surface area contributed by atoms with E-state index in [2.05, 4.69) is 14.8 Å². The topological polar surface area (TPSA) is 60.2 Å². The Kier molecular flexibility index (Phi) is 4.06. The van der Waals surface area contributed by atoms with Crippen LogP contribution in [0.2, 0.25) is 0 Å². The molecule has 2 aromatic rings. The van der Waals surface area contributed by atoms with E-state index in [1.807, 2.05) is 11.1 Å². The van der Waals surface area contributed by atoms with Crippen LogP contribution < -0.4 is 0 Å². The quantitative estimate of drug-likeness (QED) is 0.844. The summed E-state index contributed by atoms with van der Waals surface area (Å²) in [7, 11) is 1.71. The molecule has 2 aromatic heterocycles. The van der Waals surface area contributed by atoms with Crippen LogP contribution in [0.15, 0.2) is 30.7 Å². The third-order valence-corrected chi connectivity index (χ3v) is 4.91. The Morgan fingerprint density at radius 3 is 2.83 bits per heavy atom. The summed E-state index contributed by atoms with van der Waals surface area (Å²) < 4.78 is 7.49. The first-order valence-corrected chi connectivity index (χ1v) is 8.49. The molecule has 0 aromatic carbocycles. The smallest absolute Gasteiger partial charge is 0.254 e. The summed E-state index contributed by atoms with van der Waals surface area (Å²) in [5.74, 6) is 0.974. The number of hydrogen-bond donors (Lipinski definition) is 0. The predicted molar refractivity (Wildman–Crippen MR) is 88.5 cm³/mol. The van der Waals surface area contributed by atoms with Crippen LogP contribution in [0.25, 0.3) is 0 Å². The number of ether oxygens (including phenoxy) is 1. The van der Waals surface area contributed by atoms with Gasteiger partial charge < -0.3 is 9.64 Å². The highest BCUT2D eigenvalue weighted by molar-refractivity contribution is 5.94. The van der Waals surface area contributed by atoms with Crippen molar-refractivity contribution in [3.05, 3.63) is 47.5 Å². The maximum absolute atomic E-state index is 12.9. The van der Waals surface area contributed by atoms with Crippen molar-refractivity contribution >= 4 is 5.91 Å². The summed E-state index contributed by atoms with van der Waals surface area (Å²) in [6, 6.07) is 3.54. The summed E-state index contributed by atoms with van der Waals surface area (Å²) in [6.07, 6.45) is 7.86. The normalized spacial score (nSPS) is 20.0. The van der Waals surface area contributed by atoms with Crippen molar-refractivity contribution in [1.29, 1.82) is 0 Å². The molecule has 1 fully saturated rings. The zero-order chi connectivity index (χ0) is 16.5. The lowest BCUT2D eigenvalue weighted by molar-refractivity contribution is 0.0674. The van der Waals surface area contributed by atoms with E-state index < -0.39 is 0 Å². The van der Waals surface area contributed by atoms with Gasteiger partial charge in [-0.15, -0.1) is 0 Å². The molecule has 2 aliphatic rings. The van der Waals surface area contributed by atoms with Crippen LogP contribution >= 0.6 is 0 Å². The van der Waals surface area contributed by atoms with Gasteiger partial charge in [0.1, 0.15) is 0 Å². The minimum absolute atomic E-state index is 0.0447. The molecule has 0 saturated heterocycles. The van der Waals surface area contributed by atoms with Gasteiger partial charge in [-0.25, -0.2) is 0 Å². The number of nitrogens with zero attached hydrogens (tertiary/aromatic N) is 4. The van der Waals surface area contributed by atoms with Crippen molar-refractivity contribution in [2.75, 3.05) is 20.3 Å². The number of pyridine rings is 1. The number of hydrogen-bond acceptors (Lipinski definition) is 4. The van der Waals surface area contributed by atoms with Crippen molar-refractivity contribution in [1.82, 2.24) is 19.7 Å². The third-order valence-electron chi connectivity index (χ3n) is 4.91. The molecule has 4 rings (SSSR count). The SMILES string of the molecule is COCC1CN(C(=O)c2ccncc2)Cc2c1cnn2CC1CC1. The molecule has 1 unspecified atom stereocenters. The Bertz CT molecular complexity index is 724. The van der Waals surface area contributed by atoms with Gasteiger partial charge in [0.05, 0.1) is 25.0 Å². The molecule has 24 heavy (non-hydrogen) atoms. The monoisotopic (exact) mass is 326 g/mol. The molecule has 6 heteroatoms. The fourth-order valence-electron chi connectivity index (χ4n) is 3.43. The zero-order valence-corrected chi connectivity index (χ0v) is 13.9. The van der Waals surface area contributed by atoms with Crippen LogP contribution in [-0.4, -0.2) is 45.8 Å². The second-order valence-corrected chi connectivity index (χ2v) is 6.75. The van der Waals surface area contributed by atoms with Crippen LogP contribution in [0.1, 0.15) is 40.4 Å². The van der Waals surface area contributed by atoms with Crippen LogP contribution in [-0.2, 0) is 17.8 Å². The number of methoxy groups -OCH3 is 1. The van der Waals surface area contributed by atoms with E-state index in [1.54, 1.807) is 31.6 Å². The molecule has 1 amide bonds. The van der Waals surface area contributed by atoms with Gasteiger partial charge in [-0.1, -0.05) is 0 Å². The summed E-state index contributed by atoms with van der Waals surface area (Å²) >= 11 is 0. The van der Waals surface area contributed by atoms with E-state index in [4.69, 9.17) is 4.74 Å². The lowest BCUT2D eigenvalue weighted by atomic mass is 9.95.